The highest BCUT2D eigenvalue weighted by Gasteiger charge is 2.16. The minimum atomic E-state index is 1.08. The number of H-pyrrole nitrogens is 1. The van der Waals surface area contributed by atoms with Gasteiger partial charge in [-0.3, -0.25) is 4.98 Å². The second-order valence-electron chi connectivity index (χ2n) is 6.62. The summed E-state index contributed by atoms with van der Waals surface area (Å²) in [5, 5.41) is 5.05. The van der Waals surface area contributed by atoms with Gasteiger partial charge in [0.25, 0.3) is 0 Å². The van der Waals surface area contributed by atoms with E-state index in [1.54, 1.807) is 0 Å². The molecule has 0 spiro atoms. The van der Waals surface area contributed by atoms with Crippen molar-refractivity contribution in [1.29, 1.82) is 0 Å². The lowest BCUT2D eigenvalue weighted by atomic mass is 10.1. The van der Waals surface area contributed by atoms with E-state index in [0.717, 1.165) is 11.0 Å². The number of para-hydroxylation sites is 2. The van der Waals surface area contributed by atoms with Crippen LogP contribution in [0.5, 0.6) is 0 Å². The first-order valence-corrected chi connectivity index (χ1v) is 8.75. The molecule has 0 radical (unpaired) electrons. The Balaban J connectivity index is 1.92. The SMILES string of the molecule is c1ccc(-n2c3ccccc3c3c4c(ccc32)[nH]c2cnccc24)cc1. The summed E-state index contributed by atoms with van der Waals surface area (Å²) in [4.78, 5) is 7.78. The average molecular weight is 333 g/mol. The Hall–Kier alpha value is -3.59. The van der Waals surface area contributed by atoms with E-state index in [2.05, 4.69) is 87.3 Å². The molecule has 0 aliphatic carbocycles. The van der Waals surface area contributed by atoms with Crippen LogP contribution < -0.4 is 0 Å². The molecule has 122 valence electrons. The maximum Gasteiger partial charge on any atom is 0.0651 e. The fourth-order valence-electron chi connectivity index (χ4n) is 4.16. The molecule has 0 saturated carbocycles. The number of nitrogens with zero attached hydrogens (tertiary/aromatic N) is 2. The van der Waals surface area contributed by atoms with Crippen molar-refractivity contribution in [3.8, 4) is 5.69 Å². The first-order valence-electron chi connectivity index (χ1n) is 8.75. The number of rotatable bonds is 1. The molecule has 0 fully saturated rings. The molecule has 0 aliphatic rings. The van der Waals surface area contributed by atoms with E-state index in [1.807, 2.05) is 12.4 Å². The molecule has 3 heterocycles. The number of aromatic amines is 1. The van der Waals surface area contributed by atoms with Gasteiger partial charge in [-0.15, -0.1) is 0 Å². The standard InChI is InChI=1S/C23H15N3/c1-2-6-15(7-3-1)26-20-9-5-4-8-17(20)23-21(26)11-10-18-22(23)16-12-13-24-14-19(16)25-18/h1-14,25H. The van der Waals surface area contributed by atoms with Gasteiger partial charge in [0.1, 0.15) is 0 Å². The number of pyridine rings is 1. The number of aromatic nitrogens is 3. The van der Waals surface area contributed by atoms with Gasteiger partial charge in [0.15, 0.2) is 0 Å². The highest BCUT2D eigenvalue weighted by molar-refractivity contribution is 6.28. The van der Waals surface area contributed by atoms with Crippen LogP contribution in [-0.4, -0.2) is 14.5 Å². The van der Waals surface area contributed by atoms with Crippen LogP contribution in [0.1, 0.15) is 0 Å². The predicted molar refractivity (Wildman–Crippen MR) is 108 cm³/mol. The third kappa shape index (κ3) is 1.69. The van der Waals surface area contributed by atoms with Gasteiger partial charge in [0, 0.05) is 38.9 Å². The zero-order valence-corrected chi connectivity index (χ0v) is 14.0. The minimum absolute atomic E-state index is 1.08. The van der Waals surface area contributed by atoms with E-state index in [-0.39, 0.29) is 0 Å². The zero-order chi connectivity index (χ0) is 17.1. The summed E-state index contributed by atoms with van der Waals surface area (Å²) in [6.45, 7) is 0. The summed E-state index contributed by atoms with van der Waals surface area (Å²) < 4.78 is 2.35. The van der Waals surface area contributed by atoms with E-state index in [4.69, 9.17) is 0 Å². The van der Waals surface area contributed by atoms with Crippen molar-refractivity contribution in [3.05, 3.63) is 85.2 Å². The molecule has 0 amide bonds. The summed E-state index contributed by atoms with van der Waals surface area (Å²) in [7, 11) is 0. The Morgan fingerprint density at radius 3 is 2.42 bits per heavy atom. The molecule has 3 heteroatoms. The Morgan fingerprint density at radius 2 is 1.50 bits per heavy atom. The van der Waals surface area contributed by atoms with Crippen molar-refractivity contribution in [2.24, 2.45) is 0 Å². The van der Waals surface area contributed by atoms with Gasteiger partial charge in [-0.2, -0.15) is 0 Å². The normalized spacial score (nSPS) is 11.8. The molecule has 0 saturated heterocycles. The lowest BCUT2D eigenvalue weighted by Crippen LogP contribution is -1.92. The quantitative estimate of drug-likeness (QED) is 0.404. The molecule has 3 aromatic heterocycles. The van der Waals surface area contributed by atoms with Gasteiger partial charge in [-0.1, -0.05) is 36.4 Å². The molecule has 6 aromatic rings. The zero-order valence-electron chi connectivity index (χ0n) is 14.0. The molecule has 0 aliphatic heterocycles. The van der Waals surface area contributed by atoms with Crippen LogP contribution in [0.3, 0.4) is 0 Å². The van der Waals surface area contributed by atoms with Crippen molar-refractivity contribution in [1.82, 2.24) is 14.5 Å². The Morgan fingerprint density at radius 1 is 0.654 bits per heavy atom. The predicted octanol–water partition coefficient (Wildman–Crippen LogP) is 5.81. The molecule has 0 bridgehead atoms. The van der Waals surface area contributed by atoms with Crippen LogP contribution in [-0.2, 0) is 0 Å². The lowest BCUT2D eigenvalue weighted by Gasteiger charge is -2.07. The number of nitrogens with one attached hydrogen (secondary N) is 1. The molecule has 1 N–H and O–H groups in total. The van der Waals surface area contributed by atoms with Gasteiger partial charge in [-0.05, 0) is 36.4 Å². The molecule has 0 unspecified atom stereocenters. The van der Waals surface area contributed by atoms with E-state index < -0.39 is 0 Å². The van der Waals surface area contributed by atoms with Crippen LogP contribution in [0.4, 0.5) is 0 Å². The second kappa shape index (κ2) is 4.96. The Labute approximate surface area is 149 Å². The van der Waals surface area contributed by atoms with Gasteiger partial charge in [0.05, 0.1) is 22.7 Å². The maximum atomic E-state index is 4.27. The smallest absolute Gasteiger partial charge is 0.0651 e. The highest BCUT2D eigenvalue weighted by Crippen LogP contribution is 2.39. The van der Waals surface area contributed by atoms with E-state index in [1.165, 1.54) is 38.3 Å². The van der Waals surface area contributed by atoms with Gasteiger partial charge in [-0.25, -0.2) is 0 Å². The summed E-state index contributed by atoms with van der Waals surface area (Å²) in [5.41, 5.74) is 5.86. The first-order chi connectivity index (χ1) is 12.9. The lowest BCUT2D eigenvalue weighted by molar-refractivity contribution is 1.18. The van der Waals surface area contributed by atoms with Crippen LogP contribution in [0.2, 0.25) is 0 Å². The van der Waals surface area contributed by atoms with Crippen LogP contribution in [0, 0.1) is 0 Å². The summed E-state index contributed by atoms with van der Waals surface area (Å²) in [6, 6.07) is 25.7. The third-order valence-corrected chi connectivity index (χ3v) is 5.21. The van der Waals surface area contributed by atoms with Crippen LogP contribution >= 0.6 is 0 Å². The second-order valence-corrected chi connectivity index (χ2v) is 6.62. The monoisotopic (exact) mass is 333 g/mol. The van der Waals surface area contributed by atoms with E-state index in [9.17, 15) is 0 Å². The number of hydrogen-bond acceptors (Lipinski definition) is 1. The molecule has 0 atom stereocenters. The van der Waals surface area contributed by atoms with Crippen molar-refractivity contribution >= 4 is 43.6 Å². The van der Waals surface area contributed by atoms with Crippen LogP contribution in [0.25, 0.3) is 49.3 Å². The number of fused-ring (bicyclic) bond motifs is 7. The van der Waals surface area contributed by atoms with E-state index >= 15 is 0 Å². The topological polar surface area (TPSA) is 33.6 Å². The fraction of sp³-hybridized carbons (Fsp3) is 0. The minimum Gasteiger partial charge on any atom is -0.353 e. The van der Waals surface area contributed by atoms with Crippen molar-refractivity contribution in [3.63, 3.8) is 0 Å². The van der Waals surface area contributed by atoms with Crippen molar-refractivity contribution < 1.29 is 0 Å². The molecular weight excluding hydrogens is 318 g/mol. The third-order valence-electron chi connectivity index (χ3n) is 5.21. The molecule has 26 heavy (non-hydrogen) atoms. The van der Waals surface area contributed by atoms with Crippen molar-refractivity contribution in [2.45, 2.75) is 0 Å². The van der Waals surface area contributed by atoms with E-state index in [0.29, 0.717) is 0 Å². The summed E-state index contributed by atoms with van der Waals surface area (Å²) >= 11 is 0. The summed E-state index contributed by atoms with van der Waals surface area (Å²) in [5.74, 6) is 0. The average Bonchev–Trinajstić information content (AvgIpc) is 3.24. The van der Waals surface area contributed by atoms with Gasteiger partial charge < -0.3 is 9.55 Å². The Bertz CT molecular complexity index is 1420. The number of hydrogen-bond donors (Lipinski definition) is 1. The van der Waals surface area contributed by atoms with Gasteiger partial charge >= 0.3 is 0 Å². The van der Waals surface area contributed by atoms with Crippen molar-refractivity contribution in [2.75, 3.05) is 0 Å². The van der Waals surface area contributed by atoms with Crippen LogP contribution in [0.15, 0.2) is 85.2 Å². The maximum absolute atomic E-state index is 4.27. The van der Waals surface area contributed by atoms with Gasteiger partial charge in [0.2, 0.25) is 0 Å². The molecular formula is C23H15N3. The summed E-state index contributed by atoms with van der Waals surface area (Å²) in [6.07, 6.45) is 3.77. The number of benzene rings is 3. The fourth-order valence-corrected chi connectivity index (χ4v) is 4.16. The Kier molecular flexibility index (Phi) is 2.61. The largest absolute Gasteiger partial charge is 0.353 e. The highest BCUT2D eigenvalue weighted by atomic mass is 15.0. The molecule has 3 aromatic carbocycles. The molecule has 3 nitrogen and oxygen atoms in total. The first kappa shape index (κ1) is 13.7. The molecule has 6 rings (SSSR count).